The summed E-state index contributed by atoms with van der Waals surface area (Å²) in [7, 11) is 0. The van der Waals surface area contributed by atoms with Crippen LogP contribution < -0.4 is 0 Å². The largest absolute Gasteiger partial charge is 0.479 e. The maximum atomic E-state index is 10.6. The zero-order chi connectivity index (χ0) is 14.5. The smallest absolute Gasteiger partial charge is 0.332 e. The summed E-state index contributed by atoms with van der Waals surface area (Å²) in [5, 5.41) is 18.0. The fourth-order valence-electron chi connectivity index (χ4n) is 2.90. The molecule has 0 spiro atoms. The van der Waals surface area contributed by atoms with Crippen molar-refractivity contribution >= 4 is 28.6 Å². The normalized spacial score (nSPS) is 17.9. The van der Waals surface area contributed by atoms with Gasteiger partial charge in [0, 0.05) is 3.57 Å². The zero-order valence-corrected chi connectivity index (χ0v) is 13.7. The van der Waals surface area contributed by atoms with Crippen molar-refractivity contribution in [3.05, 3.63) is 32.9 Å². The Bertz CT molecular complexity index is 467. The first-order valence-corrected chi connectivity index (χ1v) is 8.35. The zero-order valence-electron chi connectivity index (χ0n) is 11.5. The molecule has 1 fully saturated rings. The van der Waals surface area contributed by atoms with E-state index in [1.807, 2.05) is 0 Å². The Labute approximate surface area is 133 Å². The van der Waals surface area contributed by atoms with Gasteiger partial charge in [-0.25, -0.2) is 4.79 Å². The molecule has 0 bridgehead atoms. The molecule has 0 radical (unpaired) electrons. The molecule has 1 aromatic carbocycles. The Hall–Kier alpha value is -0.620. The molecule has 0 saturated heterocycles. The summed E-state index contributed by atoms with van der Waals surface area (Å²) in [6, 6.07) is 6.42. The van der Waals surface area contributed by atoms with Gasteiger partial charge in [0.15, 0.2) is 6.10 Å². The average molecular weight is 388 g/mol. The molecule has 1 unspecified atom stereocenters. The van der Waals surface area contributed by atoms with E-state index >= 15 is 0 Å². The van der Waals surface area contributed by atoms with E-state index in [4.69, 9.17) is 5.11 Å². The lowest BCUT2D eigenvalue weighted by atomic mass is 9.84. The van der Waals surface area contributed by atoms with Crippen LogP contribution in [0.4, 0.5) is 0 Å². The molecule has 2 rings (SSSR count). The summed E-state index contributed by atoms with van der Waals surface area (Å²) < 4.78 is 1.27. The summed E-state index contributed by atoms with van der Waals surface area (Å²) in [5.41, 5.74) is 2.54. The van der Waals surface area contributed by atoms with Crippen LogP contribution in [0.15, 0.2) is 18.2 Å². The van der Waals surface area contributed by atoms with Gasteiger partial charge in [0.25, 0.3) is 0 Å². The number of aryl methyl sites for hydroxylation is 1. The fourth-order valence-corrected chi connectivity index (χ4v) is 3.92. The van der Waals surface area contributed by atoms with Crippen molar-refractivity contribution in [2.45, 2.75) is 57.0 Å². The second-order valence-corrected chi connectivity index (χ2v) is 6.75. The van der Waals surface area contributed by atoms with E-state index in [-0.39, 0.29) is 6.42 Å². The number of hydrogen-bond donors (Lipinski definition) is 2. The van der Waals surface area contributed by atoms with Gasteiger partial charge < -0.3 is 10.2 Å². The van der Waals surface area contributed by atoms with Crippen molar-refractivity contribution < 1.29 is 15.0 Å². The van der Waals surface area contributed by atoms with E-state index in [2.05, 4.69) is 40.8 Å². The maximum Gasteiger partial charge on any atom is 0.332 e. The SMILES string of the molecule is O=C(O)C(O)CCc1ccc(C2CCCCC2)c(I)c1. The predicted octanol–water partition coefficient (Wildman–Crippen LogP) is 3.72. The van der Waals surface area contributed by atoms with Crippen molar-refractivity contribution in [2.75, 3.05) is 0 Å². The minimum Gasteiger partial charge on any atom is -0.479 e. The van der Waals surface area contributed by atoms with Crippen LogP contribution in [-0.4, -0.2) is 22.3 Å². The molecule has 4 heteroatoms. The third-order valence-corrected chi connectivity index (χ3v) is 5.04. The number of halogens is 1. The van der Waals surface area contributed by atoms with Crippen LogP contribution in [0.2, 0.25) is 0 Å². The number of hydrogen-bond acceptors (Lipinski definition) is 2. The Morgan fingerprint density at radius 1 is 1.30 bits per heavy atom. The van der Waals surface area contributed by atoms with Crippen molar-refractivity contribution in [3.8, 4) is 0 Å². The molecule has 0 aromatic heterocycles. The number of aliphatic hydroxyl groups is 1. The van der Waals surface area contributed by atoms with Crippen LogP contribution in [-0.2, 0) is 11.2 Å². The number of aliphatic hydroxyl groups excluding tert-OH is 1. The summed E-state index contributed by atoms with van der Waals surface area (Å²) in [6.45, 7) is 0. The predicted molar refractivity (Wildman–Crippen MR) is 86.9 cm³/mol. The van der Waals surface area contributed by atoms with Gasteiger partial charge in [-0.15, -0.1) is 0 Å². The highest BCUT2D eigenvalue weighted by Gasteiger charge is 2.18. The van der Waals surface area contributed by atoms with E-state index in [1.54, 1.807) is 0 Å². The van der Waals surface area contributed by atoms with Crippen LogP contribution in [0, 0.1) is 3.57 Å². The van der Waals surface area contributed by atoms with E-state index < -0.39 is 12.1 Å². The fraction of sp³-hybridized carbons (Fsp3) is 0.562. The molecular formula is C16H21IO3. The number of carbonyl (C=O) groups is 1. The summed E-state index contributed by atoms with van der Waals surface area (Å²) in [6.07, 6.45) is 6.20. The number of aliphatic carboxylic acids is 1. The van der Waals surface area contributed by atoms with Crippen molar-refractivity contribution in [1.29, 1.82) is 0 Å². The monoisotopic (exact) mass is 388 g/mol. The minimum absolute atomic E-state index is 0.272. The minimum atomic E-state index is -1.26. The number of carboxylic acid groups (broad SMARTS) is 1. The lowest BCUT2D eigenvalue weighted by molar-refractivity contribution is -0.146. The molecule has 1 atom stereocenters. The maximum absolute atomic E-state index is 10.6. The van der Waals surface area contributed by atoms with E-state index in [9.17, 15) is 9.90 Å². The van der Waals surface area contributed by atoms with E-state index in [0.29, 0.717) is 12.3 Å². The summed E-state index contributed by atoms with van der Waals surface area (Å²) in [5.74, 6) is -0.451. The molecule has 1 saturated carbocycles. The van der Waals surface area contributed by atoms with Crippen molar-refractivity contribution in [2.24, 2.45) is 0 Å². The standard InChI is InChI=1S/C16H21IO3/c17-14-10-11(7-9-15(18)16(19)20)6-8-13(14)12-4-2-1-3-5-12/h6,8,10,12,15,18H,1-5,7,9H2,(H,19,20). The van der Waals surface area contributed by atoms with Crippen LogP contribution >= 0.6 is 22.6 Å². The number of benzene rings is 1. The second-order valence-electron chi connectivity index (χ2n) is 5.58. The lowest BCUT2D eigenvalue weighted by Crippen LogP contribution is -2.19. The van der Waals surface area contributed by atoms with Crippen LogP contribution in [0.1, 0.15) is 55.6 Å². The van der Waals surface area contributed by atoms with Gasteiger partial charge in [0.2, 0.25) is 0 Å². The third kappa shape index (κ3) is 4.19. The van der Waals surface area contributed by atoms with Gasteiger partial charge in [-0.05, 0) is 71.4 Å². The van der Waals surface area contributed by atoms with Crippen LogP contribution in [0.5, 0.6) is 0 Å². The molecule has 0 heterocycles. The Morgan fingerprint density at radius 3 is 2.60 bits per heavy atom. The first-order chi connectivity index (χ1) is 9.58. The van der Waals surface area contributed by atoms with Gasteiger partial charge in [0.1, 0.15) is 0 Å². The molecule has 0 aliphatic heterocycles. The first kappa shape index (κ1) is 15.8. The number of carboxylic acids is 1. The molecule has 2 N–H and O–H groups in total. The Morgan fingerprint density at radius 2 is 2.00 bits per heavy atom. The van der Waals surface area contributed by atoms with Gasteiger partial charge in [-0.1, -0.05) is 31.4 Å². The Kier molecular flexibility index (Phi) is 5.84. The van der Waals surface area contributed by atoms with E-state index in [0.717, 1.165) is 5.56 Å². The summed E-state index contributed by atoms with van der Waals surface area (Å²) in [4.78, 5) is 10.6. The topological polar surface area (TPSA) is 57.5 Å². The van der Waals surface area contributed by atoms with Gasteiger partial charge in [-0.2, -0.15) is 0 Å². The van der Waals surface area contributed by atoms with E-state index in [1.165, 1.54) is 41.2 Å². The molecule has 1 aliphatic rings. The molecule has 0 amide bonds. The van der Waals surface area contributed by atoms with Crippen molar-refractivity contribution in [3.63, 3.8) is 0 Å². The highest BCUT2D eigenvalue weighted by molar-refractivity contribution is 14.1. The Balaban J connectivity index is 2.00. The lowest BCUT2D eigenvalue weighted by Gasteiger charge is -2.23. The van der Waals surface area contributed by atoms with Gasteiger partial charge >= 0.3 is 5.97 Å². The average Bonchev–Trinajstić information content (AvgIpc) is 2.45. The van der Waals surface area contributed by atoms with Crippen LogP contribution in [0.3, 0.4) is 0 Å². The highest BCUT2D eigenvalue weighted by Crippen LogP contribution is 2.35. The quantitative estimate of drug-likeness (QED) is 0.757. The van der Waals surface area contributed by atoms with Crippen molar-refractivity contribution in [1.82, 2.24) is 0 Å². The van der Waals surface area contributed by atoms with Crippen LogP contribution in [0.25, 0.3) is 0 Å². The molecule has 1 aliphatic carbocycles. The molecule has 3 nitrogen and oxygen atoms in total. The second kappa shape index (κ2) is 7.41. The molecular weight excluding hydrogens is 367 g/mol. The highest BCUT2D eigenvalue weighted by atomic mass is 127. The molecule has 110 valence electrons. The van der Waals surface area contributed by atoms with Gasteiger partial charge in [-0.3, -0.25) is 0 Å². The third-order valence-electron chi connectivity index (χ3n) is 4.10. The van der Waals surface area contributed by atoms with Gasteiger partial charge in [0.05, 0.1) is 0 Å². The molecule has 1 aromatic rings. The summed E-state index contributed by atoms with van der Waals surface area (Å²) >= 11 is 2.38. The number of rotatable bonds is 5. The first-order valence-electron chi connectivity index (χ1n) is 7.27. The molecule has 20 heavy (non-hydrogen) atoms.